The topological polar surface area (TPSA) is 25.2 Å². The van der Waals surface area contributed by atoms with E-state index in [-0.39, 0.29) is 0 Å². The van der Waals surface area contributed by atoms with E-state index in [0.29, 0.717) is 0 Å². The Morgan fingerprint density at radius 3 is 2.86 bits per heavy atom. The third-order valence-electron chi connectivity index (χ3n) is 0.614. The molecular formula is C4H4INO. The van der Waals surface area contributed by atoms with E-state index in [9.17, 15) is 0 Å². The molecule has 3 heteroatoms. The minimum atomic E-state index is 0.792. The molecule has 0 bridgehead atoms. The fraction of sp³-hybridized carbons (Fsp3) is 0. The zero-order valence-electron chi connectivity index (χ0n) is 3.52. The second-order valence-corrected chi connectivity index (χ2v) is 1.61. The molecule has 7 heavy (non-hydrogen) atoms. The van der Waals surface area contributed by atoms with Gasteiger partial charge in [-0.05, 0) is 6.07 Å². The van der Waals surface area contributed by atoms with Crippen LogP contribution in [0.15, 0.2) is 22.8 Å². The van der Waals surface area contributed by atoms with Gasteiger partial charge >= 0.3 is 0 Å². The maximum atomic E-state index is 4.86. The Morgan fingerprint density at radius 1 is 1.71 bits per heavy atom. The van der Waals surface area contributed by atoms with Gasteiger partial charge in [-0.15, -0.1) is 0 Å². The van der Waals surface area contributed by atoms with Gasteiger partial charge in [0.2, 0.25) is 5.88 Å². The van der Waals surface area contributed by atoms with Gasteiger partial charge in [0.25, 0.3) is 0 Å². The summed E-state index contributed by atoms with van der Waals surface area (Å²) < 4.78 is 7.67. The lowest BCUT2D eigenvalue weighted by molar-refractivity contribution is 0.589. The van der Waals surface area contributed by atoms with Crippen molar-refractivity contribution in [3.8, 4) is 0 Å². The van der Waals surface area contributed by atoms with Gasteiger partial charge in [-0.3, -0.25) is 3.53 Å². The Kier molecular flexibility index (Phi) is 1.56. The number of halogens is 1. The molecule has 1 aromatic rings. The first kappa shape index (κ1) is 4.96. The molecule has 1 heterocycles. The standard InChI is InChI=1S/C4H4INO/c5-6-4-2-1-3-7-4/h1-3,6H. The summed E-state index contributed by atoms with van der Waals surface area (Å²) in [5.74, 6) is 0.792. The lowest BCUT2D eigenvalue weighted by Crippen LogP contribution is -1.68. The molecule has 1 aromatic heterocycles. The molecule has 0 radical (unpaired) electrons. The number of anilines is 1. The molecule has 0 aromatic carbocycles. The maximum absolute atomic E-state index is 4.86. The molecule has 0 saturated heterocycles. The van der Waals surface area contributed by atoms with Gasteiger partial charge < -0.3 is 4.42 Å². The SMILES string of the molecule is INc1ccco1. The Labute approximate surface area is 55.4 Å². The van der Waals surface area contributed by atoms with E-state index in [1.165, 1.54) is 0 Å². The van der Waals surface area contributed by atoms with Crippen LogP contribution in [0, 0.1) is 0 Å². The van der Waals surface area contributed by atoms with Gasteiger partial charge in [0.1, 0.15) is 0 Å². The summed E-state index contributed by atoms with van der Waals surface area (Å²) in [5, 5.41) is 0. The van der Waals surface area contributed by atoms with Crippen LogP contribution < -0.4 is 3.53 Å². The van der Waals surface area contributed by atoms with Crippen LogP contribution in [0.3, 0.4) is 0 Å². The summed E-state index contributed by atoms with van der Waals surface area (Å²) in [6.45, 7) is 0. The number of furan rings is 1. The van der Waals surface area contributed by atoms with Gasteiger partial charge in [-0.2, -0.15) is 0 Å². The first-order valence-electron chi connectivity index (χ1n) is 1.83. The molecule has 0 unspecified atom stereocenters. The van der Waals surface area contributed by atoms with Gasteiger partial charge in [-0.25, -0.2) is 0 Å². The van der Waals surface area contributed by atoms with Crippen LogP contribution in [0.5, 0.6) is 0 Å². The summed E-state index contributed by atoms with van der Waals surface area (Å²) in [4.78, 5) is 0. The van der Waals surface area contributed by atoms with E-state index < -0.39 is 0 Å². The van der Waals surface area contributed by atoms with Gasteiger partial charge in [0, 0.05) is 6.07 Å². The summed E-state index contributed by atoms with van der Waals surface area (Å²) in [6.07, 6.45) is 1.63. The predicted octanol–water partition coefficient (Wildman–Crippen LogP) is 2.04. The van der Waals surface area contributed by atoms with Crippen LogP contribution in [0.4, 0.5) is 5.88 Å². The van der Waals surface area contributed by atoms with Crippen molar-refractivity contribution in [2.75, 3.05) is 3.53 Å². The third kappa shape index (κ3) is 1.09. The molecule has 0 amide bonds. The van der Waals surface area contributed by atoms with E-state index in [1.54, 1.807) is 6.26 Å². The smallest absolute Gasteiger partial charge is 0.201 e. The Bertz CT molecular complexity index is 126. The Hall–Kier alpha value is -0.190. The number of hydrogen-bond donors (Lipinski definition) is 1. The molecule has 0 aliphatic rings. The number of hydrogen-bond acceptors (Lipinski definition) is 2. The summed E-state index contributed by atoms with van der Waals surface area (Å²) in [7, 11) is 0. The van der Waals surface area contributed by atoms with Crippen LogP contribution in [0.2, 0.25) is 0 Å². The van der Waals surface area contributed by atoms with Crippen LogP contribution in [-0.4, -0.2) is 0 Å². The molecule has 38 valence electrons. The van der Waals surface area contributed by atoms with Gasteiger partial charge in [0.15, 0.2) is 0 Å². The second-order valence-electron chi connectivity index (χ2n) is 1.07. The fourth-order valence-electron chi connectivity index (χ4n) is 0.332. The quantitative estimate of drug-likeness (QED) is 0.565. The second kappa shape index (κ2) is 2.20. The van der Waals surface area contributed by atoms with Crippen molar-refractivity contribution < 1.29 is 4.42 Å². The van der Waals surface area contributed by atoms with Crippen molar-refractivity contribution in [1.82, 2.24) is 0 Å². The summed E-state index contributed by atoms with van der Waals surface area (Å²) in [6, 6.07) is 3.69. The van der Waals surface area contributed by atoms with Crippen LogP contribution in [-0.2, 0) is 0 Å². The molecule has 0 saturated carbocycles. The van der Waals surface area contributed by atoms with Crippen LogP contribution in [0.1, 0.15) is 0 Å². The normalized spacial score (nSPS) is 8.71. The van der Waals surface area contributed by atoms with Crippen LogP contribution in [0.25, 0.3) is 0 Å². The van der Waals surface area contributed by atoms with E-state index in [1.807, 2.05) is 35.0 Å². The monoisotopic (exact) mass is 209 g/mol. The molecule has 0 aliphatic carbocycles. The molecular weight excluding hydrogens is 205 g/mol. The highest BCUT2D eigenvalue weighted by atomic mass is 127. The first-order valence-corrected chi connectivity index (χ1v) is 2.91. The van der Waals surface area contributed by atoms with Gasteiger partial charge in [0.05, 0.1) is 29.1 Å². The zero-order chi connectivity index (χ0) is 5.11. The molecule has 0 aliphatic heterocycles. The summed E-state index contributed by atoms with van der Waals surface area (Å²) >= 11 is 2.01. The van der Waals surface area contributed by atoms with Crippen molar-refractivity contribution in [2.45, 2.75) is 0 Å². The molecule has 2 nitrogen and oxygen atoms in total. The van der Waals surface area contributed by atoms with Crippen molar-refractivity contribution in [2.24, 2.45) is 0 Å². The summed E-state index contributed by atoms with van der Waals surface area (Å²) in [5.41, 5.74) is 0. The molecule has 0 atom stereocenters. The van der Waals surface area contributed by atoms with Crippen molar-refractivity contribution in [3.63, 3.8) is 0 Å². The Morgan fingerprint density at radius 2 is 2.57 bits per heavy atom. The molecule has 0 fully saturated rings. The molecule has 1 rings (SSSR count). The lowest BCUT2D eigenvalue weighted by atomic mass is 10.6. The lowest BCUT2D eigenvalue weighted by Gasteiger charge is -1.82. The van der Waals surface area contributed by atoms with Crippen molar-refractivity contribution in [1.29, 1.82) is 0 Å². The van der Waals surface area contributed by atoms with Crippen LogP contribution >= 0.6 is 22.9 Å². The largest absolute Gasteiger partial charge is 0.448 e. The van der Waals surface area contributed by atoms with Crippen molar-refractivity contribution in [3.05, 3.63) is 18.4 Å². The highest BCUT2D eigenvalue weighted by molar-refractivity contribution is 14.1. The number of rotatable bonds is 1. The average molecular weight is 209 g/mol. The highest BCUT2D eigenvalue weighted by Gasteiger charge is 1.83. The minimum Gasteiger partial charge on any atom is -0.448 e. The third-order valence-corrected chi connectivity index (χ3v) is 1.15. The number of nitrogens with one attached hydrogen (secondary N) is 1. The van der Waals surface area contributed by atoms with E-state index >= 15 is 0 Å². The highest BCUT2D eigenvalue weighted by Crippen LogP contribution is 2.07. The van der Waals surface area contributed by atoms with E-state index in [0.717, 1.165) is 5.88 Å². The van der Waals surface area contributed by atoms with Gasteiger partial charge in [-0.1, -0.05) is 0 Å². The zero-order valence-corrected chi connectivity index (χ0v) is 5.68. The Balaban J connectivity index is 2.76. The average Bonchev–Trinajstić information content (AvgIpc) is 2.14. The van der Waals surface area contributed by atoms with E-state index in [4.69, 9.17) is 4.42 Å². The van der Waals surface area contributed by atoms with Crippen molar-refractivity contribution >= 4 is 28.7 Å². The molecule has 0 spiro atoms. The maximum Gasteiger partial charge on any atom is 0.201 e. The predicted molar refractivity (Wildman–Crippen MR) is 36.4 cm³/mol. The fourth-order valence-corrected chi connectivity index (χ4v) is 0.639. The molecule has 1 N–H and O–H groups in total. The first-order chi connectivity index (χ1) is 3.43. The van der Waals surface area contributed by atoms with E-state index in [2.05, 4.69) is 3.53 Å². The minimum absolute atomic E-state index is 0.792.